The predicted molar refractivity (Wildman–Crippen MR) is 272 cm³/mol. The standard InChI is InChI=1S/C53H54Cl2N6O11/c1-31-37(28-71-48-16-46(69-26-35-12-33(18-56)20-58-22-35)39(14-43(48)54)24-60-45(30-67-4)51(62)63)8-6-10-41(31)42-11-7-9-38(32(42)2)29-72-49-17-47(70-27-36-13-34(19-57-3)21-59-23-36)40(15-44(49)55)25-61-50(52(64)65)53(66)68-5/h6-23,45,50,56,60-61H,24-30H2,1-5H3,(H,62,63)(H,64,65)/t45-,50+/m0/s1. The number of ether oxygens (including phenoxy) is 6. The maximum atomic E-state index is 12.2. The summed E-state index contributed by atoms with van der Waals surface area (Å²) in [6.07, 6.45) is 9.40. The SMILES string of the molecule is CN=Cc1cncc(COc2cc(OCc3cccc(-c4cccc(COc5cc(OCc6cncc(C=N)c6)c(CN[C@@H](COC)C(=O)O)cc5Cl)c4C)c3C)c(Cl)cc2CN[C@H](C(=O)O)C(=O)OC)c1. The molecule has 376 valence electrons. The molecule has 4 aromatic carbocycles. The Labute approximate surface area is 426 Å². The average Bonchev–Trinajstić information content (AvgIpc) is 3.37. The van der Waals surface area contributed by atoms with E-state index in [9.17, 15) is 24.6 Å². The highest BCUT2D eigenvalue weighted by Crippen LogP contribution is 2.37. The van der Waals surface area contributed by atoms with E-state index >= 15 is 0 Å². The van der Waals surface area contributed by atoms with Crippen LogP contribution in [-0.2, 0) is 63.4 Å². The van der Waals surface area contributed by atoms with Crippen molar-refractivity contribution in [3.05, 3.63) is 163 Å². The molecule has 2 heterocycles. The number of esters is 1. The van der Waals surface area contributed by atoms with Gasteiger partial charge in [-0.15, -0.1) is 0 Å². The van der Waals surface area contributed by atoms with Crippen molar-refractivity contribution < 1.29 is 53.0 Å². The minimum atomic E-state index is -1.63. The first-order valence-electron chi connectivity index (χ1n) is 22.4. The first-order valence-corrected chi connectivity index (χ1v) is 23.1. The van der Waals surface area contributed by atoms with Crippen molar-refractivity contribution >= 4 is 53.5 Å². The molecule has 0 spiro atoms. The van der Waals surface area contributed by atoms with E-state index in [4.69, 9.17) is 52.3 Å². The van der Waals surface area contributed by atoms with Gasteiger partial charge in [-0.25, -0.2) is 9.59 Å². The van der Waals surface area contributed by atoms with E-state index < -0.39 is 30.0 Å². The number of carbonyl (C=O) groups excluding carboxylic acids is 1. The van der Waals surface area contributed by atoms with Gasteiger partial charge in [0.15, 0.2) is 0 Å². The number of carbonyl (C=O) groups is 3. The maximum absolute atomic E-state index is 12.2. The minimum absolute atomic E-state index is 0.0503. The van der Waals surface area contributed by atoms with Crippen LogP contribution in [0.5, 0.6) is 23.0 Å². The summed E-state index contributed by atoms with van der Waals surface area (Å²) in [6, 6.07) is 19.5. The van der Waals surface area contributed by atoms with Crippen LogP contribution in [0.1, 0.15) is 55.6 Å². The van der Waals surface area contributed by atoms with Crippen LogP contribution >= 0.6 is 23.2 Å². The Hall–Kier alpha value is -7.41. The van der Waals surface area contributed by atoms with Gasteiger partial charge in [0.2, 0.25) is 6.04 Å². The lowest BCUT2D eigenvalue weighted by Crippen LogP contribution is -2.43. The number of halogens is 2. The number of hydrogen-bond donors (Lipinski definition) is 5. The molecule has 72 heavy (non-hydrogen) atoms. The Morgan fingerprint density at radius 1 is 0.667 bits per heavy atom. The molecule has 0 fully saturated rings. The summed E-state index contributed by atoms with van der Waals surface area (Å²) in [4.78, 5) is 48.4. The highest BCUT2D eigenvalue weighted by atomic mass is 35.5. The van der Waals surface area contributed by atoms with E-state index in [-0.39, 0.29) is 51.1 Å². The lowest BCUT2D eigenvalue weighted by molar-refractivity contribution is -0.153. The molecule has 0 radical (unpaired) electrons. The summed E-state index contributed by atoms with van der Waals surface area (Å²) in [6.45, 7) is 4.46. The van der Waals surface area contributed by atoms with E-state index in [0.29, 0.717) is 44.7 Å². The van der Waals surface area contributed by atoms with E-state index in [1.165, 1.54) is 13.3 Å². The van der Waals surface area contributed by atoms with Gasteiger partial charge in [0.25, 0.3) is 0 Å². The summed E-state index contributed by atoms with van der Waals surface area (Å²) in [7, 11) is 4.19. The molecule has 0 aliphatic carbocycles. The Morgan fingerprint density at radius 2 is 1.17 bits per heavy atom. The van der Waals surface area contributed by atoms with Crippen molar-refractivity contribution in [3.8, 4) is 34.1 Å². The van der Waals surface area contributed by atoms with Crippen LogP contribution in [0.25, 0.3) is 11.1 Å². The quantitative estimate of drug-likeness (QED) is 0.0195. The molecular weight excluding hydrogens is 968 g/mol. The highest BCUT2D eigenvalue weighted by molar-refractivity contribution is 6.32. The number of nitrogens with one attached hydrogen (secondary N) is 3. The van der Waals surface area contributed by atoms with Crippen LogP contribution < -0.4 is 29.6 Å². The molecule has 0 saturated carbocycles. The summed E-state index contributed by atoms with van der Waals surface area (Å²) in [5, 5.41) is 33.2. The van der Waals surface area contributed by atoms with E-state index in [0.717, 1.165) is 57.2 Å². The first-order chi connectivity index (χ1) is 34.7. The zero-order valence-corrected chi connectivity index (χ0v) is 41.7. The molecule has 6 aromatic rings. The topological polar surface area (TPSA) is 233 Å². The second-order valence-corrected chi connectivity index (χ2v) is 17.1. The number of nitrogens with zero attached hydrogens (tertiary/aromatic N) is 3. The molecule has 17 nitrogen and oxygen atoms in total. The molecule has 5 N–H and O–H groups in total. The summed E-state index contributed by atoms with van der Waals surface area (Å²) >= 11 is 13.6. The summed E-state index contributed by atoms with van der Waals surface area (Å²) < 4.78 is 35.0. The molecule has 2 atom stereocenters. The minimum Gasteiger partial charge on any atom is -0.488 e. The second kappa shape index (κ2) is 26.2. The molecule has 0 amide bonds. The molecule has 0 saturated heterocycles. The molecule has 0 unspecified atom stereocenters. The lowest BCUT2D eigenvalue weighted by Gasteiger charge is -2.19. The molecule has 0 aliphatic heterocycles. The maximum Gasteiger partial charge on any atom is 0.334 e. The third kappa shape index (κ3) is 14.4. The monoisotopic (exact) mass is 1020 g/mol. The number of methoxy groups -OCH3 is 2. The molecule has 6 rings (SSSR count). The molecule has 0 bridgehead atoms. The van der Waals surface area contributed by atoms with Gasteiger partial charge in [0.1, 0.15) is 55.5 Å². The van der Waals surface area contributed by atoms with Gasteiger partial charge in [-0.05, 0) is 71.5 Å². The smallest absolute Gasteiger partial charge is 0.334 e. The number of rotatable bonds is 26. The number of hydrogen-bond acceptors (Lipinski definition) is 15. The molecule has 0 aliphatic rings. The normalized spacial score (nSPS) is 12.0. The number of aromatic nitrogens is 2. The fourth-order valence-corrected chi connectivity index (χ4v) is 7.99. The average molecular weight is 1020 g/mol. The van der Waals surface area contributed by atoms with Crippen LogP contribution in [0.3, 0.4) is 0 Å². The van der Waals surface area contributed by atoms with Crippen molar-refractivity contribution in [2.24, 2.45) is 4.99 Å². The van der Waals surface area contributed by atoms with Crippen LogP contribution in [0.15, 0.2) is 103 Å². The zero-order valence-electron chi connectivity index (χ0n) is 40.2. The largest absolute Gasteiger partial charge is 0.488 e. The third-order valence-corrected chi connectivity index (χ3v) is 12.0. The Bertz CT molecular complexity index is 2940. The number of benzene rings is 4. The van der Waals surface area contributed by atoms with Gasteiger partial charge in [-0.1, -0.05) is 59.6 Å². The number of aliphatic imine (C=N–C) groups is 1. The van der Waals surface area contributed by atoms with Gasteiger partial charge in [0, 0.05) is 110 Å². The van der Waals surface area contributed by atoms with Gasteiger partial charge in [-0.3, -0.25) is 30.4 Å². The van der Waals surface area contributed by atoms with Gasteiger partial charge in [0.05, 0.1) is 23.8 Å². The van der Waals surface area contributed by atoms with Crippen molar-refractivity contribution in [1.82, 2.24) is 20.6 Å². The molecule has 2 aromatic heterocycles. The van der Waals surface area contributed by atoms with Crippen LogP contribution in [0.2, 0.25) is 10.0 Å². The fourth-order valence-electron chi connectivity index (χ4n) is 7.51. The van der Waals surface area contributed by atoms with Crippen molar-refractivity contribution in [1.29, 1.82) is 5.41 Å². The van der Waals surface area contributed by atoms with Crippen molar-refractivity contribution in [3.63, 3.8) is 0 Å². The number of pyridine rings is 2. The number of aliphatic carboxylic acids is 2. The molecular formula is C53H54Cl2N6O11. The van der Waals surface area contributed by atoms with Crippen LogP contribution in [0, 0.1) is 19.3 Å². The van der Waals surface area contributed by atoms with E-state index in [1.807, 2.05) is 56.3 Å². The van der Waals surface area contributed by atoms with E-state index in [2.05, 4.69) is 30.3 Å². The van der Waals surface area contributed by atoms with E-state index in [1.54, 1.807) is 68.4 Å². The number of carboxylic acids is 2. The Balaban J connectivity index is 1.21. The van der Waals surface area contributed by atoms with Crippen molar-refractivity contribution in [2.45, 2.75) is 65.4 Å². The fraction of sp³-hybridized carbons (Fsp3) is 0.264. The van der Waals surface area contributed by atoms with Crippen molar-refractivity contribution in [2.75, 3.05) is 27.9 Å². The van der Waals surface area contributed by atoms with Gasteiger partial charge < -0.3 is 44.0 Å². The predicted octanol–water partition coefficient (Wildman–Crippen LogP) is 8.33. The zero-order chi connectivity index (χ0) is 51.7. The number of carboxylic acid groups (broad SMARTS) is 2. The third-order valence-electron chi connectivity index (χ3n) is 11.4. The molecule has 19 heteroatoms. The Kier molecular flexibility index (Phi) is 19.6. The Morgan fingerprint density at radius 3 is 1.64 bits per heavy atom. The highest BCUT2D eigenvalue weighted by Gasteiger charge is 2.27. The second-order valence-electron chi connectivity index (χ2n) is 16.3. The first kappa shape index (κ1) is 53.9. The summed E-state index contributed by atoms with van der Waals surface area (Å²) in [5.74, 6) is -2.03. The summed E-state index contributed by atoms with van der Waals surface area (Å²) in [5.41, 5.74) is 9.57. The van der Waals surface area contributed by atoms with Gasteiger partial charge >= 0.3 is 17.9 Å². The lowest BCUT2D eigenvalue weighted by atomic mass is 9.92. The van der Waals surface area contributed by atoms with Gasteiger partial charge in [-0.2, -0.15) is 0 Å². The van der Waals surface area contributed by atoms with Crippen LogP contribution in [-0.4, -0.2) is 90.5 Å². The van der Waals surface area contributed by atoms with Crippen LogP contribution in [0.4, 0.5) is 0 Å².